The third-order valence-electron chi connectivity index (χ3n) is 5.05. The van der Waals surface area contributed by atoms with Gasteiger partial charge >= 0.3 is 0 Å². The lowest BCUT2D eigenvalue weighted by Crippen LogP contribution is -2.22. The van der Waals surface area contributed by atoms with Gasteiger partial charge in [-0.1, -0.05) is 86.0 Å². The molecule has 0 atom stereocenters. The van der Waals surface area contributed by atoms with Crippen molar-refractivity contribution < 1.29 is 0 Å². The van der Waals surface area contributed by atoms with Crippen LogP contribution < -0.4 is 5.56 Å². The van der Waals surface area contributed by atoms with Crippen LogP contribution in [0.1, 0.15) is 11.1 Å². The van der Waals surface area contributed by atoms with Crippen LogP contribution in [-0.2, 0) is 7.05 Å². The van der Waals surface area contributed by atoms with Gasteiger partial charge in [-0.25, -0.2) is 4.68 Å². The minimum absolute atomic E-state index is 0.132. The second kappa shape index (κ2) is 7.12. The molecular formula is C25H20N2O. The Hall–Kier alpha value is -3.72. The molecule has 3 nitrogen and oxygen atoms in total. The molecule has 3 heteroatoms. The van der Waals surface area contributed by atoms with E-state index >= 15 is 0 Å². The summed E-state index contributed by atoms with van der Waals surface area (Å²) in [5.41, 5.74) is 5.02. The molecule has 0 saturated carbocycles. The molecule has 4 rings (SSSR count). The molecular weight excluding hydrogens is 344 g/mol. The number of hydrogen-bond acceptors (Lipinski definition) is 2. The first-order valence-corrected chi connectivity index (χ1v) is 9.08. The van der Waals surface area contributed by atoms with E-state index in [9.17, 15) is 4.79 Å². The summed E-state index contributed by atoms with van der Waals surface area (Å²) in [6.45, 7) is 7.86. The minimum Gasteiger partial charge on any atom is -0.267 e. The third kappa shape index (κ3) is 2.78. The lowest BCUT2D eigenvalue weighted by Gasteiger charge is -2.15. The lowest BCUT2D eigenvalue weighted by atomic mass is 9.90. The molecule has 0 fully saturated rings. The second-order valence-corrected chi connectivity index (χ2v) is 6.61. The van der Waals surface area contributed by atoms with Crippen LogP contribution in [0.2, 0.25) is 0 Å². The molecule has 4 aromatic rings. The largest absolute Gasteiger partial charge is 0.275 e. The van der Waals surface area contributed by atoms with Crippen molar-refractivity contribution in [3.8, 4) is 22.3 Å². The van der Waals surface area contributed by atoms with Gasteiger partial charge < -0.3 is 0 Å². The second-order valence-electron chi connectivity index (χ2n) is 6.61. The molecule has 1 aromatic heterocycles. The molecule has 0 aliphatic heterocycles. The van der Waals surface area contributed by atoms with Crippen LogP contribution in [0, 0.1) is 0 Å². The Morgan fingerprint density at radius 3 is 2.36 bits per heavy atom. The number of benzene rings is 3. The van der Waals surface area contributed by atoms with Crippen molar-refractivity contribution in [1.82, 2.24) is 9.78 Å². The van der Waals surface area contributed by atoms with E-state index in [2.05, 4.69) is 30.4 Å². The molecule has 0 radical (unpaired) electrons. The Balaban J connectivity index is 2.14. The maximum Gasteiger partial charge on any atom is 0.275 e. The van der Waals surface area contributed by atoms with E-state index in [4.69, 9.17) is 0 Å². The summed E-state index contributed by atoms with van der Waals surface area (Å²) in [6.07, 6.45) is 5.36. The number of hydrogen-bond donors (Lipinski definition) is 0. The smallest absolute Gasteiger partial charge is 0.267 e. The molecule has 3 aromatic carbocycles. The monoisotopic (exact) mass is 364 g/mol. The van der Waals surface area contributed by atoms with Gasteiger partial charge in [0.15, 0.2) is 0 Å². The molecule has 0 amide bonds. The summed E-state index contributed by atoms with van der Waals surface area (Å²) < 4.78 is 1.38. The average molecular weight is 364 g/mol. The van der Waals surface area contributed by atoms with Crippen molar-refractivity contribution in [3.63, 3.8) is 0 Å². The third-order valence-corrected chi connectivity index (χ3v) is 5.05. The molecule has 28 heavy (non-hydrogen) atoms. The van der Waals surface area contributed by atoms with Gasteiger partial charge in [-0.05, 0) is 33.0 Å². The summed E-state index contributed by atoms with van der Waals surface area (Å²) in [5, 5.41) is 6.42. The van der Waals surface area contributed by atoms with Crippen LogP contribution in [0.3, 0.4) is 0 Å². The van der Waals surface area contributed by atoms with E-state index in [-0.39, 0.29) is 5.56 Å². The lowest BCUT2D eigenvalue weighted by molar-refractivity contribution is 0.711. The topological polar surface area (TPSA) is 34.9 Å². The normalized spacial score (nSPS) is 10.8. The zero-order valence-electron chi connectivity index (χ0n) is 15.7. The predicted octanol–water partition coefficient (Wildman–Crippen LogP) is 5.55. The number of aromatic nitrogens is 2. The van der Waals surface area contributed by atoms with Crippen LogP contribution >= 0.6 is 0 Å². The Morgan fingerprint density at radius 1 is 0.857 bits per heavy atom. The van der Waals surface area contributed by atoms with Crippen LogP contribution in [0.5, 0.6) is 0 Å². The number of fused-ring (bicyclic) bond motifs is 1. The average Bonchev–Trinajstić information content (AvgIpc) is 2.74. The van der Waals surface area contributed by atoms with Gasteiger partial charge in [0.2, 0.25) is 0 Å². The van der Waals surface area contributed by atoms with E-state index < -0.39 is 0 Å². The fraction of sp³-hybridized carbons (Fsp3) is 0.0400. The van der Waals surface area contributed by atoms with Crippen molar-refractivity contribution in [2.45, 2.75) is 0 Å². The number of aryl methyl sites for hydroxylation is 1. The molecule has 0 saturated heterocycles. The highest BCUT2D eigenvalue weighted by Gasteiger charge is 2.18. The fourth-order valence-corrected chi connectivity index (χ4v) is 3.67. The Kier molecular flexibility index (Phi) is 4.50. The SMILES string of the molecule is C=Cc1cccc(-c2cnn(C)c(=O)c2-c2cccc3ccccc23)c1C=C. The summed E-state index contributed by atoms with van der Waals surface area (Å²) in [7, 11) is 1.68. The first kappa shape index (κ1) is 17.7. The minimum atomic E-state index is -0.132. The van der Waals surface area contributed by atoms with E-state index in [0.29, 0.717) is 5.56 Å². The van der Waals surface area contributed by atoms with E-state index in [1.807, 2.05) is 48.5 Å². The maximum atomic E-state index is 13.2. The predicted molar refractivity (Wildman–Crippen MR) is 118 cm³/mol. The van der Waals surface area contributed by atoms with E-state index in [1.165, 1.54) is 4.68 Å². The summed E-state index contributed by atoms with van der Waals surface area (Å²) in [5.74, 6) is 0. The number of nitrogens with zero attached hydrogens (tertiary/aromatic N) is 2. The van der Waals surface area contributed by atoms with Gasteiger partial charge in [-0.3, -0.25) is 4.79 Å². The van der Waals surface area contributed by atoms with Crippen molar-refractivity contribution in [2.75, 3.05) is 0 Å². The van der Waals surface area contributed by atoms with Crippen molar-refractivity contribution in [3.05, 3.63) is 101 Å². The maximum absolute atomic E-state index is 13.2. The van der Waals surface area contributed by atoms with Crippen LogP contribution in [0.4, 0.5) is 0 Å². The standard InChI is InChI=1S/C25H20N2O/c1-4-17-11-8-14-21(19(17)5-2)23-16-26-27(3)25(28)24(23)22-15-9-12-18-10-6-7-13-20(18)22/h4-16H,1-2H2,3H3. The van der Waals surface area contributed by atoms with Crippen LogP contribution in [-0.4, -0.2) is 9.78 Å². The molecule has 1 heterocycles. The zero-order chi connectivity index (χ0) is 19.7. The molecule has 0 unspecified atom stereocenters. The highest BCUT2D eigenvalue weighted by molar-refractivity contribution is 6.01. The van der Waals surface area contributed by atoms with Crippen molar-refractivity contribution >= 4 is 22.9 Å². The van der Waals surface area contributed by atoms with Gasteiger partial charge in [-0.2, -0.15) is 5.10 Å². The van der Waals surface area contributed by atoms with Gasteiger partial charge in [0.05, 0.1) is 11.8 Å². The van der Waals surface area contributed by atoms with Crippen LogP contribution in [0.25, 0.3) is 45.2 Å². The molecule has 0 spiro atoms. The van der Waals surface area contributed by atoms with Gasteiger partial charge in [0, 0.05) is 12.6 Å². The summed E-state index contributed by atoms with van der Waals surface area (Å²) in [4.78, 5) is 13.2. The summed E-state index contributed by atoms with van der Waals surface area (Å²) in [6, 6.07) is 20.1. The first-order chi connectivity index (χ1) is 13.7. The Labute approximate surface area is 163 Å². The highest BCUT2D eigenvalue weighted by atomic mass is 16.1. The van der Waals surface area contributed by atoms with Gasteiger partial charge in [-0.15, -0.1) is 0 Å². The molecule has 0 bridgehead atoms. The first-order valence-electron chi connectivity index (χ1n) is 9.08. The molecule has 0 aliphatic rings. The quantitative estimate of drug-likeness (QED) is 0.476. The zero-order valence-corrected chi connectivity index (χ0v) is 15.7. The number of rotatable bonds is 4. The molecule has 136 valence electrons. The van der Waals surface area contributed by atoms with Gasteiger partial charge in [0.25, 0.3) is 5.56 Å². The highest BCUT2D eigenvalue weighted by Crippen LogP contribution is 2.36. The van der Waals surface area contributed by atoms with Crippen molar-refractivity contribution in [1.29, 1.82) is 0 Å². The Morgan fingerprint density at radius 2 is 1.57 bits per heavy atom. The van der Waals surface area contributed by atoms with E-state index in [0.717, 1.165) is 38.6 Å². The fourth-order valence-electron chi connectivity index (χ4n) is 3.67. The molecule has 0 N–H and O–H groups in total. The molecule has 0 aliphatic carbocycles. The van der Waals surface area contributed by atoms with Crippen molar-refractivity contribution in [2.24, 2.45) is 7.05 Å². The summed E-state index contributed by atoms with van der Waals surface area (Å²) >= 11 is 0. The Bertz CT molecular complexity index is 1280. The van der Waals surface area contributed by atoms with Crippen LogP contribution in [0.15, 0.2) is 84.8 Å². The van der Waals surface area contributed by atoms with Gasteiger partial charge in [0.1, 0.15) is 0 Å². The van der Waals surface area contributed by atoms with E-state index in [1.54, 1.807) is 25.4 Å².